The number of rotatable bonds is 2. The quantitative estimate of drug-likeness (QED) is 0.862. The molecule has 1 heterocycles. The second-order valence-corrected chi connectivity index (χ2v) is 4.39. The van der Waals surface area contributed by atoms with Crippen LogP contribution in [0, 0.1) is 11.3 Å². The molecule has 1 amide bonds. The van der Waals surface area contributed by atoms with Crippen LogP contribution in [0.25, 0.3) is 0 Å². The molecule has 18 heavy (non-hydrogen) atoms. The largest absolute Gasteiger partial charge is 0.367 e. The zero-order valence-corrected chi connectivity index (χ0v) is 10.4. The zero-order chi connectivity index (χ0) is 13.1. The standard InChI is InChI=1S/C12H12ClN3O2/c13-10-5-9(2-1-8(10)6-14)16-3-4-18-11(7-16)12(15)17/h1-2,5,11H,3-4,7H2,(H2,15,17)/t11-/m0/s1. The van der Waals surface area contributed by atoms with Crippen molar-refractivity contribution in [3.8, 4) is 6.07 Å². The van der Waals surface area contributed by atoms with Crippen molar-refractivity contribution in [2.24, 2.45) is 5.73 Å². The van der Waals surface area contributed by atoms with Crippen LogP contribution in [-0.4, -0.2) is 31.7 Å². The van der Waals surface area contributed by atoms with E-state index in [1.807, 2.05) is 11.0 Å². The molecule has 1 aliphatic heterocycles. The second kappa shape index (κ2) is 5.25. The fourth-order valence-electron chi connectivity index (χ4n) is 1.85. The number of halogens is 1. The smallest absolute Gasteiger partial charge is 0.248 e. The molecule has 2 rings (SSSR count). The number of morpholine rings is 1. The minimum atomic E-state index is -0.604. The first kappa shape index (κ1) is 12.7. The normalized spacial score (nSPS) is 19.3. The first-order valence-electron chi connectivity index (χ1n) is 5.47. The van der Waals surface area contributed by atoms with Crippen molar-refractivity contribution in [2.45, 2.75) is 6.10 Å². The van der Waals surface area contributed by atoms with Crippen molar-refractivity contribution >= 4 is 23.2 Å². The van der Waals surface area contributed by atoms with E-state index in [1.54, 1.807) is 18.2 Å². The van der Waals surface area contributed by atoms with Gasteiger partial charge in [-0.1, -0.05) is 11.6 Å². The van der Waals surface area contributed by atoms with Crippen LogP contribution in [-0.2, 0) is 9.53 Å². The van der Waals surface area contributed by atoms with Crippen LogP contribution >= 0.6 is 11.6 Å². The molecule has 0 aromatic heterocycles. The van der Waals surface area contributed by atoms with E-state index in [0.29, 0.717) is 30.3 Å². The summed E-state index contributed by atoms with van der Waals surface area (Å²) in [5.41, 5.74) is 6.51. The lowest BCUT2D eigenvalue weighted by Gasteiger charge is -2.33. The summed E-state index contributed by atoms with van der Waals surface area (Å²) in [4.78, 5) is 13.1. The monoisotopic (exact) mass is 265 g/mol. The predicted octanol–water partition coefficient (Wildman–Crippen LogP) is 0.902. The lowest BCUT2D eigenvalue weighted by Crippen LogP contribution is -2.48. The third-order valence-corrected chi connectivity index (χ3v) is 3.13. The van der Waals surface area contributed by atoms with E-state index >= 15 is 0 Å². The maximum atomic E-state index is 11.1. The minimum absolute atomic E-state index is 0.400. The zero-order valence-electron chi connectivity index (χ0n) is 9.60. The number of primary amides is 1. The molecule has 1 aliphatic rings. The molecule has 0 aliphatic carbocycles. The van der Waals surface area contributed by atoms with E-state index in [4.69, 9.17) is 27.3 Å². The average Bonchev–Trinajstić information content (AvgIpc) is 2.38. The molecule has 0 radical (unpaired) electrons. The van der Waals surface area contributed by atoms with Gasteiger partial charge in [0.15, 0.2) is 6.10 Å². The van der Waals surface area contributed by atoms with E-state index in [2.05, 4.69) is 0 Å². The Kier molecular flexibility index (Phi) is 3.70. The van der Waals surface area contributed by atoms with E-state index in [-0.39, 0.29) is 0 Å². The minimum Gasteiger partial charge on any atom is -0.367 e. The Hall–Kier alpha value is -1.77. The number of nitriles is 1. The van der Waals surface area contributed by atoms with Crippen LogP contribution in [0.1, 0.15) is 5.56 Å². The number of ether oxygens (including phenoxy) is 1. The predicted molar refractivity (Wildman–Crippen MR) is 67.3 cm³/mol. The molecule has 0 bridgehead atoms. The number of anilines is 1. The first-order chi connectivity index (χ1) is 8.61. The van der Waals surface area contributed by atoms with Gasteiger partial charge in [0, 0.05) is 12.2 Å². The molecule has 0 unspecified atom stereocenters. The Morgan fingerprint density at radius 1 is 1.61 bits per heavy atom. The molecule has 1 atom stereocenters. The highest BCUT2D eigenvalue weighted by Gasteiger charge is 2.25. The molecular weight excluding hydrogens is 254 g/mol. The average molecular weight is 266 g/mol. The SMILES string of the molecule is N#Cc1ccc(N2CCO[C@H](C(N)=O)C2)cc1Cl. The third kappa shape index (κ3) is 2.55. The number of amides is 1. The molecule has 0 saturated carbocycles. The summed E-state index contributed by atoms with van der Waals surface area (Å²) in [5.74, 6) is -0.473. The summed E-state index contributed by atoms with van der Waals surface area (Å²) in [7, 11) is 0. The van der Waals surface area contributed by atoms with Gasteiger partial charge in [-0.2, -0.15) is 5.26 Å². The first-order valence-corrected chi connectivity index (χ1v) is 5.85. The number of carbonyl (C=O) groups is 1. The molecule has 1 aromatic rings. The Balaban J connectivity index is 2.19. The highest BCUT2D eigenvalue weighted by Crippen LogP contribution is 2.24. The lowest BCUT2D eigenvalue weighted by atomic mass is 10.2. The van der Waals surface area contributed by atoms with Crippen molar-refractivity contribution in [3.63, 3.8) is 0 Å². The molecular formula is C12H12ClN3O2. The molecule has 2 N–H and O–H groups in total. The van der Waals surface area contributed by atoms with Gasteiger partial charge in [-0.05, 0) is 18.2 Å². The van der Waals surface area contributed by atoms with E-state index < -0.39 is 12.0 Å². The van der Waals surface area contributed by atoms with Crippen LogP contribution in [0.3, 0.4) is 0 Å². The van der Waals surface area contributed by atoms with Gasteiger partial charge in [0.1, 0.15) is 6.07 Å². The van der Waals surface area contributed by atoms with Gasteiger partial charge in [0.2, 0.25) is 5.91 Å². The maximum Gasteiger partial charge on any atom is 0.248 e. The summed E-state index contributed by atoms with van der Waals surface area (Å²) in [6.07, 6.45) is -0.604. The summed E-state index contributed by atoms with van der Waals surface area (Å²) in [6.45, 7) is 1.49. The van der Waals surface area contributed by atoms with Gasteiger partial charge >= 0.3 is 0 Å². The number of hydrogen-bond donors (Lipinski definition) is 1. The van der Waals surface area contributed by atoms with Gasteiger partial charge in [0.25, 0.3) is 0 Å². The lowest BCUT2D eigenvalue weighted by molar-refractivity contribution is -0.130. The fraction of sp³-hybridized carbons (Fsp3) is 0.333. The van der Waals surface area contributed by atoms with Gasteiger partial charge < -0.3 is 15.4 Å². The summed E-state index contributed by atoms with van der Waals surface area (Å²) < 4.78 is 5.26. The van der Waals surface area contributed by atoms with Crippen molar-refractivity contribution < 1.29 is 9.53 Å². The highest BCUT2D eigenvalue weighted by atomic mass is 35.5. The Morgan fingerprint density at radius 2 is 2.39 bits per heavy atom. The van der Waals surface area contributed by atoms with E-state index in [9.17, 15) is 4.79 Å². The van der Waals surface area contributed by atoms with Crippen LogP contribution in [0.15, 0.2) is 18.2 Å². The van der Waals surface area contributed by atoms with Gasteiger partial charge in [-0.25, -0.2) is 0 Å². The number of benzene rings is 1. The molecule has 1 saturated heterocycles. The van der Waals surface area contributed by atoms with Crippen molar-refractivity contribution in [2.75, 3.05) is 24.6 Å². The Morgan fingerprint density at radius 3 is 3.00 bits per heavy atom. The van der Waals surface area contributed by atoms with Crippen molar-refractivity contribution in [1.29, 1.82) is 5.26 Å². The number of hydrogen-bond acceptors (Lipinski definition) is 4. The molecule has 1 aromatic carbocycles. The van der Waals surface area contributed by atoms with Gasteiger partial charge in [-0.3, -0.25) is 4.79 Å². The highest BCUT2D eigenvalue weighted by molar-refractivity contribution is 6.32. The molecule has 0 spiro atoms. The Labute approximate surface area is 110 Å². The Bertz CT molecular complexity index is 513. The molecule has 1 fully saturated rings. The molecule has 94 valence electrons. The summed E-state index contributed by atoms with van der Waals surface area (Å²) >= 11 is 5.98. The van der Waals surface area contributed by atoms with Gasteiger partial charge in [-0.15, -0.1) is 0 Å². The second-order valence-electron chi connectivity index (χ2n) is 3.98. The fourth-order valence-corrected chi connectivity index (χ4v) is 2.06. The maximum absolute atomic E-state index is 11.1. The van der Waals surface area contributed by atoms with Crippen LogP contribution in [0.5, 0.6) is 0 Å². The van der Waals surface area contributed by atoms with Crippen molar-refractivity contribution in [3.05, 3.63) is 28.8 Å². The van der Waals surface area contributed by atoms with Crippen LogP contribution in [0.2, 0.25) is 5.02 Å². The number of nitrogens with two attached hydrogens (primary N) is 1. The van der Waals surface area contributed by atoms with Crippen LogP contribution in [0.4, 0.5) is 5.69 Å². The van der Waals surface area contributed by atoms with Crippen molar-refractivity contribution in [1.82, 2.24) is 0 Å². The number of carbonyl (C=O) groups excluding carboxylic acids is 1. The third-order valence-electron chi connectivity index (χ3n) is 2.82. The molecule has 6 heteroatoms. The summed E-state index contributed by atoms with van der Waals surface area (Å²) in [5, 5.41) is 9.21. The topological polar surface area (TPSA) is 79.3 Å². The van der Waals surface area contributed by atoms with Gasteiger partial charge in [0.05, 0.1) is 23.7 Å². The summed E-state index contributed by atoms with van der Waals surface area (Å²) in [6, 6.07) is 7.17. The van der Waals surface area contributed by atoms with E-state index in [0.717, 1.165) is 5.69 Å². The number of nitrogens with zero attached hydrogens (tertiary/aromatic N) is 2. The van der Waals surface area contributed by atoms with Crippen LogP contribution < -0.4 is 10.6 Å². The van der Waals surface area contributed by atoms with E-state index in [1.165, 1.54) is 0 Å². The molecule has 5 nitrogen and oxygen atoms in total.